The molecule has 8 heteroatoms. The predicted octanol–water partition coefficient (Wildman–Crippen LogP) is 2.40. The van der Waals surface area contributed by atoms with Crippen molar-refractivity contribution >= 4 is 16.7 Å². The van der Waals surface area contributed by atoms with Crippen LogP contribution in [-0.2, 0) is 10.9 Å². The second-order valence-corrected chi connectivity index (χ2v) is 4.62. The van der Waals surface area contributed by atoms with E-state index in [9.17, 15) is 13.2 Å². The summed E-state index contributed by atoms with van der Waals surface area (Å²) < 4.78 is 45.1. The van der Waals surface area contributed by atoms with Crippen LogP contribution in [-0.4, -0.2) is 29.1 Å². The van der Waals surface area contributed by atoms with Gasteiger partial charge in [0.15, 0.2) is 0 Å². The number of halogens is 3. The van der Waals surface area contributed by atoms with E-state index in [-0.39, 0.29) is 5.13 Å². The molecule has 0 bridgehead atoms. The smallest absolute Gasteiger partial charge is 0.379 e. The maximum absolute atomic E-state index is 12.2. The average Bonchev–Trinajstić information content (AvgIpc) is 2.92. The fourth-order valence-electron chi connectivity index (χ4n) is 1.18. The second-order valence-electron chi connectivity index (χ2n) is 3.87. The highest BCUT2D eigenvalue weighted by molar-refractivity contribution is 7.09. The number of anilines is 1. The highest BCUT2D eigenvalue weighted by Gasteiger charge is 2.36. The summed E-state index contributed by atoms with van der Waals surface area (Å²) in [5, 5.41) is 2.92. The van der Waals surface area contributed by atoms with Gasteiger partial charge in [-0.15, -0.1) is 0 Å². The number of alkyl halides is 3. The molecule has 0 aliphatic heterocycles. The Morgan fingerprint density at radius 2 is 2.18 bits per heavy atom. The molecule has 4 nitrogen and oxygen atoms in total. The monoisotopic (exact) mass is 267 g/mol. The molecule has 17 heavy (non-hydrogen) atoms. The maximum atomic E-state index is 12.2. The molecule has 2 rings (SSSR count). The van der Waals surface area contributed by atoms with Gasteiger partial charge in [-0.25, -0.2) is 0 Å². The number of aromatic nitrogens is 2. The van der Waals surface area contributed by atoms with Crippen LogP contribution in [0.3, 0.4) is 0 Å². The lowest BCUT2D eigenvalue weighted by molar-refractivity contribution is -0.144. The van der Waals surface area contributed by atoms with Crippen LogP contribution in [0.2, 0.25) is 0 Å². The molecule has 1 fully saturated rings. The molecule has 96 valence electrons. The lowest BCUT2D eigenvalue weighted by atomic mass is 10.5. The van der Waals surface area contributed by atoms with E-state index in [1.807, 2.05) is 0 Å². The Morgan fingerprint density at radius 1 is 1.41 bits per heavy atom. The minimum absolute atomic E-state index is 0.173. The van der Waals surface area contributed by atoms with Gasteiger partial charge in [-0.05, 0) is 18.8 Å². The number of rotatable bonds is 6. The van der Waals surface area contributed by atoms with Gasteiger partial charge in [-0.2, -0.15) is 22.5 Å². The van der Waals surface area contributed by atoms with E-state index in [2.05, 4.69) is 14.7 Å². The van der Waals surface area contributed by atoms with Gasteiger partial charge in [-0.3, -0.25) is 0 Å². The van der Waals surface area contributed by atoms with Gasteiger partial charge < -0.3 is 10.1 Å². The van der Waals surface area contributed by atoms with Crippen molar-refractivity contribution in [2.24, 2.45) is 5.92 Å². The predicted molar refractivity (Wildman–Crippen MR) is 56.9 cm³/mol. The first-order valence-electron chi connectivity index (χ1n) is 5.28. The van der Waals surface area contributed by atoms with E-state index >= 15 is 0 Å². The van der Waals surface area contributed by atoms with E-state index < -0.39 is 12.0 Å². The molecule has 1 N–H and O–H groups in total. The normalized spacial score (nSPS) is 16.2. The van der Waals surface area contributed by atoms with Gasteiger partial charge >= 0.3 is 6.18 Å². The van der Waals surface area contributed by atoms with Crippen LogP contribution in [0.1, 0.15) is 18.7 Å². The molecule has 0 radical (unpaired) electrons. The molecule has 1 aliphatic carbocycles. The minimum atomic E-state index is -4.47. The molecule has 1 aromatic heterocycles. The number of hydrogen-bond acceptors (Lipinski definition) is 5. The third kappa shape index (κ3) is 4.12. The number of ether oxygens (including phenoxy) is 1. The molecule has 1 aromatic rings. The zero-order valence-corrected chi connectivity index (χ0v) is 9.77. The Hall–Kier alpha value is -0.890. The highest BCUT2D eigenvalue weighted by atomic mass is 32.1. The largest absolute Gasteiger partial charge is 0.452 e. The summed E-state index contributed by atoms with van der Waals surface area (Å²) in [4.78, 5) is 3.34. The molecule has 0 unspecified atom stereocenters. The van der Waals surface area contributed by atoms with E-state index in [1.54, 1.807) is 0 Å². The summed E-state index contributed by atoms with van der Waals surface area (Å²) in [6, 6.07) is 0. The van der Waals surface area contributed by atoms with Crippen LogP contribution >= 0.6 is 11.5 Å². The summed E-state index contributed by atoms with van der Waals surface area (Å²) in [7, 11) is 0. The molecular weight excluding hydrogens is 255 g/mol. The minimum Gasteiger partial charge on any atom is -0.379 e. The highest BCUT2D eigenvalue weighted by Crippen LogP contribution is 2.29. The SMILES string of the molecule is FC(F)(F)c1nsc(NCCOCC2CC2)n1. The molecule has 1 aliphatic rings. The first-order valence-corrected chi connectivity index (χ1v) is 6.05. The van der Waals surface area contributed by atoms with Crippen LogP contribution in [0.25, 0.3) is 0 Å². The van der Waals surface area contributed by atoms with Crippen molar-refractivity contribution in [3.05, 3.63) is 5.82 Å². The molecule has 0 atom stereocenters. The van der Waals surface area contributed by atoms with E-state index in [4.69, 9.17) is 4.74 Å². The molecule has 1 saturated carbocycles. The average molecular weight is 267 g/mol. The van der Waals surface area contributed by atoms with Crippen LogP contribution in [0.15, 0.2) is 0 Å². The van der Waals surface area contributed by atoms with Crippen LogP contribution in [0.4, 0.5) is 18.3 Å². The Balaban J connectivity index is 1.66. The van der Waals surface area contributed by atoms with Crippen molar-refractivity contribution in [1.29, 1.82) is 0 Å². The van der Waals surface area contributed by atoms with Gasteiger partial charge in [-0.1, -0.05) is 0 Å². The van der Waals surface area contributed by atoms with Crippen LogP contribution in [0.5, 0.6) is 0 Å². The van der Waals surface area contributed by atoms with E-state index in [0.29, 0.717) is 30.6 Å². The maximum Gasteiger partial charge on any atom is 0.452 e. The molecule has 0 aromatic carbocycles. The Labute approximate surface area is 100 Å². The quantitative estimate of drug-likeness (QED) is 0.804. The van der Waals surface area contributed by atoms with Gasteiger partial charge in [0.2, 0.25) is 11.0 Å². The number of hydrogen-bond donors (Lipinski definition) is 1. The number of nitrogens with one attached hydrogen (secondary N) is 1. The fraction of sp³-hybridized carbons (Fsp3) is 0.778. The molecule has 0 amide bonds. The topological polar surface area (TPSA) is 47.0 Å². The summed E-state index contributed by atoms with van der Waals surface area (Å²) in [6.45, 7) is 1.66. The van der Waals surface area contributed by atoms with Gasteiger partial charge in [0.25, 0.3) is 0 Å². The van der Waals surface area contributed by atoms with Crippen molar-refractivity contribution in [1.82, 2.24) is 9.36 Å². The van der Waals surface area contributed by atoms with Crippen molar-refractivity contribution in [3.8, 4) is 0 Å². The fourth-order valence-corrected chi connectivity index (χ4v) is 1.79. The van der Waals surface area contributed by atoms with Crippen LogP contribution < -0.4 is 5.32 Å². The van der Waals surface area contributed by atoms with Crippen molar-refractivity contribution in [2.75, 3.05) is 25.1 Å². The summed E-state index contributed by atoms with van der Waals surface area (Å²) in [5.41, 5.74) is 0. The van der Waals surface area contributed by atoms with Crippen molar-refractivity contribution in [2.45, 2.75) is 19.0 Å². The van der Waals surface area contributed by atoms with Gasteiger partial charge in [0.1, 0.15) is 0 Å². The zero-order chi connectivity index (χ0) is 12.3. The van der Waals surface area contributed by atoms with E-state index in [1.165, 1.54) is 12.8 Å². The summed E-state index contributed by atoms with van der Waals surface area (Å²) in [5.74, 6) is -0.405. The third-order valence-corrected chi connectivity index (χ3v) is 2.93. The third-order valence-electron chi connectivity index (χ3n) is 2.25. The number of nitrogens with zero attached hydrogens (tertiary/aromatic N) is 2. The molecular formula is C9H12F3N3OS. The molecule has 0 spiro atoms. The van der Waals surface area contributed by atoms with Crippen molar-refractivity contribution < 1.29 is 17.9 Å². The first-order chi connectivity index (χ1) is 8.05. The lowest BCUT2D eigenvalue weighted by Gasteiger charge is -2.03. The Morgan fingerprint density at radius 3 is 2.76 bits per heavy atom. The second kappa shape index (κ2) is 5.18. The lowest BCUT2D eigenvalue weighted by Crippen LogP contribution is -2.11. The summed E-state index contributed by atoms with van der Waals surface area (Å²) >= 11 is 0.705. The Bertz CT molecular complexity index is 365. The standard InChI is InChI=1S/C9H12F3N3OS/c10-9(11,12)7-14-8(17-15-7)13-3-4-16-5-6-1-2-6/h6H,1-5H2,(H,13,14,15). The zero-order valence-electron chi connectivity index (χ0n) is 8.96. The van der Waals surface area contributed by atoms with Gasteiger partial charge in [0.05, 0.1) is 6.61 Å². The van der Waals surface area contributed by atoms with E-state index in [0.717, 1.165) is 6.61 Å². The van der Waals surface area contributed by atoms with Gasteiger partial charge in [0, 0.05) is 24.7 Å². The summed E-state index contributed by atoms with van der Waals surface area (Å²) in [6.07, 6.45) is -2.03. The molecule has 0 saturated heterocycles. The Kier molecular flexibility index (Phi) is 3.82. The molecule has 1 heterocycles. The van der Waals surface area contributed by atoms with Crippen molar-refractivity contribution in [3.63, 3.8) is 0 Å². The first kappa shape index (κ1) is 12.6. The van der Waals surface area contributed by atoms with Crippen LogP contribution in [0, 0.1) is 5.92 Å².